The first-order valence-corrected chi connectivity index (χ1v) is 10.0. The van der Waals surface area contributed by atoms with Gasteiger partial charge in [0, 0.05) is 21.4 Å². The van der Waals surface area contributed by atoms with Gasteiger partial charge in [-0.3, -0.25) is 9.13 Å². The van der Waals surface area contributed by atoms with Crippen LogP contribution in [0.15, 0.2) is 43.0 Å². The quantitative estimate of drug-likeness (QED) is 0.216. The minimum absolute atomic E-state index is 0.385. The van der Waals surface area contributed by atoms with Crippen molar-refractivity contribution in [1.29, 1.82) is 0 Å². The fraction of sp³-hybridized carbons (Fsp3) is 0.211. The van der Waals surface area contributed by atoms with Crippen molar-refractivity contribution in [1.82, 2.24) is 19.1 Å². The molecule has 3 heterocycles. The van der Waals surface area contributed by atoms with Gasteiger partial charge in [0.05, 0.1) is 23.2 Å². The molecule has 8 heteroatoms. The smallest absolute Gasteiger partial charge is 0.418 e. The van der Waals surface area contributed by atoms with Crippen LogP contribution in [0.25, 0.3) is 27.6 Å². The molecular formula is C19H16ClIN4O2. The van der Waals surface area contributed by atoms with Crippen LogP contribution in [0.3, 0.4) is 0 Å². The van der Waals surface area contributed by atoms with Crippen LogP contribution < -0.4 is 0 Å². The Balaban J connectivity index is 1.89. The van der Waals surface area contributed by atoms with Gasteiger partial charge in [0.2, 0.25) is 0 Å². The van der Waals surface area contributed by atoms with Crippen LogP contribution in [0.5, 0.6) is 0 Å². The summed E-state index contributed by atoms with van der Waals surface area (Å²) in [6.07, 6.45) is 6.59. The van der Waals surface area contributed by atoms with Crippen LogP contribution in [0, 0.1) is 3.57 Å². The van der Waals surface area contributed by atoms with E-state index >= 15 is 0 Å². The monoisotopic (exact) mass is 494 g/mol. The SMILES string of the molecule is CCCCOC(=O)n1cc(-n2cc(I)c3c(Cl)ncnc32)c2ccccc21. The van der Waals surface area contributed by atoms with E-state index in [0.29, 0.717) is 17.4 Å². The highest BCUT2D eigenvalue weighted by Crippen LogP contribution is 2.32. The van der Waals surface area contributed by atoms with E-state index in [-0.39, 0.29) is 6.09 Å². The molecule has 3 aromatic heterocycles. The molecule has 6 nitrogen and oxygen atoms in total. The van der Waals surface area contributed by atoms with E-state index in [2.05, 4.69) is 39.5 Å². The summed E-state index contributed by atoms with van der Waals surface area (Å²) in [6.45, 7) is 2.47. The number of ether oxygens (including phenoxy) is 1. The number of rotatable bonds is 4. The zero-order valence-electron chi connectivity index (χ0n) is 14.5. The molecule has 0 aliphatic rings. The lowest BCUT2D eigenvalue weighted by Gasteiger charge is -2.05. The molecule has 4 aromatic rings. The third-order valence-electron chi connectivity index (χ3n) is 4.36. The van der Waals surface area contributed by atoms with Gasteiger partial charge >= 0.3 is 6.09 Å². The lowest BCUT2D eigenvalue weighted by atomic mass is 10.2. The van der Waals surface area contributed by atoms with E-state index in [4.69, 9.17) is 16.3 Å². The normalized spacial score (nSPS) is 11.4. The van der Waals surface area contributed by atoms with Gasteiger partial charge in [-0.1, -0.05) is 43.1 Å². The number of hydrogen-bond acceptors (Lipinski definition) is 4. The molecular weight excluding hydrogens is 479 g/mol. The van der Waals surface area contributed by atoms with Crippen LogP contribution in [0.1, 0.15) is 19.8 Å². The van der Waals surface area contributed by atoms with Gasteiger partial charge in [-0.15, -0.1) is 0 Å². The van der Waals surface area contributed by atoms with Gasteiger partial charge in [0.25, 0.3) is 0 Å². The molecule has 138 valence electrons. The molecule has 0 aliphatic heterocycles. The van der Waals surface area contributed by atoms with Crippen LogP contribution in [-0.2, 0) is 4.74 Å². The largest absolute Gasteiger partial charge is 0.449 e. The van der Waals surface area contributed by atoms with E-state index in [1.165, 1.54) is 6.33 Å². The molecule has 0 aliphatic carbocycles. The number of para-hydroxylation sites is 1. The summed E-state index contributed by atoms with van der Waals surface area (Å²) in [7, 11) is 0. The summed E-state index contributed by atoms with van der Waals surface area (Å²) in [5, 5.41) is 2.13. The topological polar surface area (TPSA) is 61.9 Å². The van der Waals surface area contributed by atoms with Crippen LogP contribution >= 0.6 is 34.2 Å². The molecule has 0 bridgehead atoms. The zero-order valence-corrected chi connectivity index (χ0v) is 17.4. The Bertz CT molecular complexity index is 1150. The van der Waals surface area contributed by atoms with Crippen molar-refractivity contribution in [2.75, 3.05) is 6.61 Å². The van der Waals surface area contributed by atoms with Crippen molar-refractivity contribution >= 4 is 62.2 Å². The lowest BCUT2D eigenvalue weighted by molar-refractivity contribution is 0.147. The molecule has 0 saturated heterocycles. The second-order valence-electron chi connectivity index (χ2n) is 6.08. The first-order valence-electron chi connectivity index (χ1n) is 8.56. The lowest BCUT2D eigenvalue weighted by Crippen LogP contribution is -2.13. The molecule has 0 amide bonds. The highest BCUT2D eigenvalue weighted by atomic mass is 127. The second kappa shape index (κ2) is 7.47. The first-order chi connectivity index (χ1) is 13.1. The van der Waals surface area contributed by atoms with E-state index in [9.17, 15) is 4.79 Å². The molecule has 0 atom stereocenters. The van der Waals surface area contributed by atoms with Crippen LogP contribution in [-0.4, -0.2) is 31.8 Å². The van der Waals surface area contributed by atoms with E-state index in [1.807, 2.05) is 35.0 Å². The van der Waals surface area contributed by atoms with Gasteiger partial charge in [-0.2, -0.15) is 0 Å². The maximum Gasteiger partial charge on any atom is 0.418 e. The Morgan fingerprint density at radius 1 is 1.26 bits per heavy atom. The summed E-state index contributed by atoms with van der Waals surface area (Å²) in [6, 6.07) is 7.72. The summed E-state index contributed by atoms with van der Waals surface area (Å²) >= 11 is 8.47. The van der Waals surface area contributed by atoms with Gasteiger partial charge in [0.1, 0.15) is 11.5 Å². The third-order valence-corrected chi connectivity index (χ3v) is 5.47. The number of unbranched alkanes of at least 4 members (excludes halogenated alkanes) is 1. The summed E-state index contributed by atoms with van der Waals surface area (Å²) < 4.78 is 9.82. The first kappa shape index (κ1) is 18.2. The Labute approximate surface area is 174 Å². The minimum Gasteiger partial charge on any atom is -0.449 e. The number of carbonyl (C=O) groups is 1. The molecule has 4 rings (SSSR count). The molecule has 27 heavy (non-hydrogen) atoms. The Morgan fingerprint density at radius 3 is 2.89 bits per heavy atom. The number of carbonyl (C=O) groups excluding carboxylic acids is 1. The van der Waals surface area contributed by atoms with Crippen molar-refractivity contribution in [3.05, 3.63) is 51.7 Å². The van der Waals surface area contributed by atoms with Gasteiger partial charge in [0.15, 0.2) is 5.65 Å². The minimum atomic E-state index is -0.385. The van der Waals surface area contributed by atoms with Crippen molar-refractivity contribution in [2.45, 2.75) is 19.8 Å². The molecule has 0 N–H and O–H groups in total. The van der Waals surface area contributed by atoms with Gasteiger partial charge in [-0.25, -0.2) is 14.8 Å². The second-order valence-corrected chi connectivity index (χ2v) is 7.60. The van der Waals surface area contributed by atoms with E-state index in [1.54, 1.807) is 10.8 Å². The number of aromatic nitrogens is 4. The Morgan fingerprint density at radius 2 is 2.07 bits per heavy atom. The number of halogens is 2. The molecule has 0 spiro atoms. The van der Waals surface area contributed by atoms with Crippen molar-refractivity contribution in [3.63, 3.8) is 0 Å². The predicted molar refractivity (Wildman–Crippen MR) is 114 cm³/mol. The molecule has 0 radical (unpaired) electrons. The van der Waals surface area contributed by atoms with Crippen molar-refractivity contribution in [3.8, 4) is 5.69 Å². The summed E-state index contributed by atoms with van der Waals surface area (Å²) in [4.78, 5) is 21.1. The number of benzene rings is 1. The average molecular weight is 495 g/mol. The fourth-order valence-electron chi connectivity index (χ4n) is 3.04. The third kappa shape index (κ3) is 3.19. The van der Waals surface area contributed by atoms with Gasteiger partial charge in [-0.05, 0) is 35.1 Å². The molecule has 0 fully saturated rings. The average Bonchev–Trinajstić information content (AvgIpc) is 3.21. The van der Waals surface area contributed by atoms with Crippen LogP contribution in [0.2, 0.25) is 5.15 Å². The summed E-state index contributed by atoms with van der Waals surface area (Å²) in [5.41, 5.74) is 2.31. The summed E-state index contributed by atoms with van der Waals surface area (Å²) in [5.74, 6) is 0. The highest BCUT2D eigenvalue weighted by Gasteiger charge is 2.19. The molecule has 0 unspecified atom stereocenters. The van der Waals surface area contributed by atoms with E-state index < -0.39 is 0 Å². The highest BCUT2D eigenvalue weighted by molar-refractivity contribution is 14.1. The predicted octanol–water partition coefficient (Wildman–Crippen LogP) is 5.42. The number of fused-ring (bicyclic) bond motifs is 2. The standard InChI is InChI=1S/C19H16ClIN4O2/c1-2-3-8-27-19(26)25-10-15(12-6-4-5-7-14(12)25)24-9-13(21)16-17(20)22-11-23-18(16)24/h4-7,9-11H,2-3,8H2,1H3. The maximum atomic E-state index is 12.6. The van der Waals surface area contributed by atoms with Crippen molar-refractivity contribution < 1.29 is 9.53 Å². The fourth-order valence-corrected chi connectivity index (χ4v) is 4.21. The Hall–Kier alpha value is -2.13. The number of nitrogens with zero attached hydrogens (tertiary/aromatic N) is 4. The molecule has 1 aromatic carbocycles. The maximum absolute atomic E-state index is 12.6. The van der Waals surface area contributed by atoms with E-state index in [0.717, 1.165) is 38.4 Å². The Kier molecular flexibility index (Phi) is 5.05. The van der Waals surface area contributed by atoms with Crippen LogP contribution in [0.4, 0.5) is 4.79 Å². The zero-order chi connectivity index (χ0) is 19.0. The molecule has 0 saturated carbocycles. The number of hydrogen-bond donors (Lipinski definition) is 0. The van der Waals surface area contributed by atoms with Gasteiger partial charge < -0.3 is 4.74 Å². The van der Waals surface area contributed by atoms with Crippen molar-refractivity contribution in [2.24, 2.45) is 0 Å².